The van der Waals surface area contributed by atoms with Gasteiger partial charge in [-0.2, -0.15) is 0 Å². The van der Waals surface area contributed by atoms with E-state index in [0.717, 1.165) is 0 Å². The van der Waals surface area contributed by atoms with Crippen LogP contribution in [-0.4, -0.2) is 38.4 Å². The Labute approximate surface area is 107 Å². The zero-order valence-electron chi connectivity index (χ0n) is 10.5. The van der Waals surface area contributed by atoms with Crippen LogP contribution in [0.5, 0.6) is 5.75 Å². The van der Waals surface area contributed by atoms with Crippen molar-refractivity contribution in [2.24, 2.45) is 0 Å². The van der Waals surface area contributed by atoms with E-state index in [9.17, 15) is 4.79 Å². The van der Waals surface area contributed by atoms with Crippen LogP contribution in [0.15, 0.2) is 24.3 Å². The molecule has 0 saturated carbocycles. The highest BCUT2D eigenvalue weighted by Gasteiger charge is 2.03. The van der Waals surface area contributed by atoms with Crippen LogP contribution in [0.2, 0.25) is 0 Å². The zero-order chi connectivity index (χ0) is 13.4. The van der Waals surface area contributed by atoms with Crippen LogP contribution in [0.25, 0.3) is 0 Å². The number of ether oxygens (including phenoxy) is 2. The number of anilines is 1. The van der Waals surface area contributed by atoms with Crippen molar-refractivity contribution in [3.8, 4) is 18.1 Å². The van der Waals surface area contributed by atoms with Crippen LogP contribution in [0.1, 0.15) is 0 Å². The molecule has 0 aromatic heterocycles. The summed E-state index contributed by atoms with van der Waals surface area (Å²) in [5.74, 6) is 2.99. The van der Waals surface area contributed by atoms with E-state index >= 15 is 0 Å². The van der Waals surface area contributed by atoms with Gasteiger partial charge in [0.2, 0.25) is 0 Å². The summed E-state index contributed by atoms with van der Waals surface area (Å²) in [7, 11) is 3.35. The fourth-order valence-electron chi connectivity index (χ4n) is 1.08. The lowest BCUT2D eigenvalue weighted by Crippen LogP contribution is -2.27. The number of hydrogen-bond donors (Lipinski definition) is 1. The zero-order valence-corrected chi connectivity index (χ0v) is 10.5. The Morgan fingerprint density at radius 2 is 2.06 bits per heavy atom. The van der Waals surface area contributed by atoms with Gasteiger partial charge in [0.25, 0.3) is 0 Å². The van der Waals surface area contributed by atoms with Crippen molar-refractivity contribution in [2.45, 2.75) is 0 Å². The maximum absolute atomic E-state index is 11.4. The molecule has 0 bridgehead atoms. The van der Waals surface area contributed by atoms with Crippen molar-refractivity contribution in [1.29, 1.82) is 0 Å². The predicted molar refractivity (Wildman–Crippen MR) is 69.4 cm³/mol. The maximum Gasteiger partial charge on any atom is 0.321 e. The number of carbonyl (C=O) groups excluding carboxylic acids is 1. The molecule has 0 saturated heterocycles. The molecule has 5 heteroatoms. The second-order valence-electron chi connectivity index (χ2n) is 3.66. The monoisotopic (exact) mass is 248 g/mol. The summed E-state index contributed by atoms with van der Waals surface area (Å²) in [4.78, 5) is 12.8. The fraction of sp³-hybridized carbons (Fsp3) is 0.308. The molecule has 0 aliphatic carbocycles. The Bertz CT molecular complexity index is 421. The molecule has 0 aliphatic heterocycles. The molecule has 0 spiro atoms. The summed E-state index contributed by atoms with van der Waals surface area (Å²) in [6, 6.07) is 6.80. The molecular formula is C13H16N2O3. The molecule has 5 nitrogen and oxygen atoms in total. The molecule has 96 valence electrons. The summed E-state index contributed by atoms with van der Waals surface area (Å²) >= 11 is 0. The molecule has 0 fully saturated rings. The summed E-state index contributed by atoms with van der Waals surface area (Å²) in [6.07, 6.45) is 5.02. The molecule has 18 heavy (non-hydrogen) atoms. The number of rotatable bonds is 5. The van der Waals surface area contributed by atoms with Crippen LogP contribution in [-0.2, 0) is 4.74 Å². The van der Waals surface area contributed by atoms with E-state index in [2.05, 4.69) is 11.2 Å². The van der Waals surface area contributed by atoms with Crippen molar-refractivity contribution in [3.05, 3.63) is 24.3 Å². The first-order chi connectivity index (χ1) is 8.63. The number of nitrogens with one attached hydrogen (secondary N) is 1. The molecule has 2 amide bonds. The molecule has 1 aromatic rings. The molecular weight excluding hydrogens is 232 g/mol. The van der Waals surface area contributed by atoms with E-state index in [-0.39, 0.29) is 19.4 Å². The van der Waals surface area contributed by atoms with Crippen LogP contribution >= 0.6 is 0 Å². The second-order valence-corrected chi connectivity index (χ2v) is 3.66. The lowest BCUT2D eigenvalue weighted by atomic mass is 10.3. The molecule has 0 unspecified atom stereocenters. The van der Waals surface area contributed by atoms with Gasteiger partial charge in [-0.3, -0.25) is 0 Å². The Morgan fingerprint density at radius 1 is 1.39 bits per heavy atom. The molecule has 1 N–H and O–H groups in total. The third kappa shape index (κ3) is 4.76. The van der Waals surface area contributed by atoms with E-state index in [0.29, 0.717) is 11.4 Å². The quantitative estimate of drug-likeness (QED) is 0.491. The Hall–Kier alpha value is -2.19. The normalized spacial score (nSPS) is 9.39. The van der Waals surface area contributed by atoms with Gasteiger partial charge in [-0.1, -0.05) is 5.92 Å². The summed E-state index contributed by atoms with van der Waals surface area (Å²) in [6.45, 7) is 0.324. The minimum Gasteiger partial charge on any atom is -0.468 e. The van der Waals surface area contributed by atoms with Crippen molar-refractivity contribution < 1.29 is 14.3 Å². The number of hydrogen-bond acceptors (Lipinski definition) is 3. The fourth-order valence-corrected chi connectivity index (χ4v) is 1.08. The van der Waals surface area contributed by atoms with Crippen LogP contribution in [0.3, 0.4) is 0 Å². The molecule has 0 radical (unpaired) electrons. The first-order valence-corrected chi connectivity index (χ1v) is 5.36. The van der Waals surface area contributed by atoms with Crippen molar-refractivity contribution >= 4 is 11.7 Å². The topological polar surface area (TPSA) is 50.8 Å². The molecule has 1 rings (SSSR count). The van der Waals surface area contributed by atoms with Gasteiger partial charge in [0.1, 0.15) is 12.4 Å². The Morgan fingerprint density at radius 3 is 2.61 bits per heavy atom. The lowest BCUT2D eigenvalue weighted by molar-refractivity contribution is 0.0333. The van der Waals surface area contributed by atoms with Gasteiger partial charge in [0.05, 0.1) is 0 Å². The molecule has 1 aromatic carbocycles. The molecule has 0 heterocycles. The van der Waals surface area contributed by atoms with Crippen molar-refractivity contribution in [1.82, 2.24) is 4.90 Å². The second kappa shape index (κ2) is 7.20. The van der Waals surface area contributed by atoms with E-state index in [1.807, 2.05) is 0 Å². The number of terminal acetylenes is 1. The average molecular weight is 248 g/mol. The highest BCUT2D eigenvalue weighted by molar-refractivity contribution is 5.88. The van der Waals surface area contributed by atoms with Crippen LogP contribution < -0.4 is 10.1 Å². The maximum atomic E-state index is 11.4. The third-order valence-corrected chi connectivity index (χ3v) is 2.01. The van der Waals surface area contributed by atoms with Gasteiger partial charge >= 0.3 is 6.03 Å². The summed E-state index contributed by atoms with van der Waals surface area (Å²) in [5.41, 5.74) is 0.700. The highest BCUT2D eigenvalue weighted by atomic mass is 16.7. The highest BCUT2D eigenvalue weighted by Crippen LogP contribution is 2.15. The van der Waals surface area contributed by atoms with Gasteiger partial charge in [-0.05, 0) is 24.3 Å². The van der Waals surface area contributed by atoms with Crippen LogP contribution in [0.4, 0.5) is 10.5 Å². The smallest absolute Gasteiger partial charge is 0.321 e. The predicted octanol–water partition coefficient (Wildman–Crippen LogP) is 1.77. The molecule has 0 atom stereocenters. The first kappa shape index (κ1) is 13.9. The minimum absolute atomic E-state index is 0.105. The summed E-state index contributed by atoms with van der Waals surface area (Å²) in [5, 5.41) is 2.72. The minimum atomic E-state index is -0.180. The first-order valence-electron chi connectivity index (χ1n) is 5.36. The van der Waals surface area contributed by atoms with Gasteiger partial charge < -0.3 is 19.7 Å². The largest absolute Gasteiger partial charge is 0.468 e. The molecule has 0 aliphatic rings. The Balaban J connectivity index is 2.43. The number of benzene rings is 1. The van der Waals surface area contributed by atoms with Crippen molar-refractivity contribution in [3.63, 3.8) is 0 Å². The van der Waals surface area contributed by atoms with Gasteiger partial charge in [0, 0.05) is 19.8 Å². The summed E-state index contributed by atoms with van der Waals surface area (Å²) < 4.78 is 10.3. The van der Waals surface area contributed by atoms with Gasteiger partial charge in [-0.15, -0.1) is 6.42 Å². The van der Waals surface area contributed by atoms with E-state index in [1.54, 1.807) is 38.4 Å². The van der Waals surface area contributed by atoms with Crippen molar-refractivity contribution in [2.75, 3.05) is 32.8 Å². The average Bonchev–Trinajstić information content (AvgIpc) is 2.36. The standard InChI is InChI=1S/C13H16N2O3/c1-4-9-17-10-18-12-7-5-11(6-8-12)14-13(16)15(2)3/h1,5-8H,9-10H2,2-3H3,(H,14,16). The van der Waals surface area contributed by atoms with Gasteiger partial charge in [-0.25, -0.2) is 4.79 Å². The SMILES string of the molecule is C#CCOCOc1ccc(NC(=O)N(C)C)cc1. The van der Waals surface area contributed by atoms with E-state index in [4.69, 9.17) is 15.9 Å². The number of urea groups is 1. The number of carbonyl (C=O) groups is 1. The lowest BCUT2D eigenvalue weighted by Gasteiger charge is -2.12. The van der Waals surface area contributed by atoms with E-state index in [1.165, 1.54) is 4.90 Å². The van der Waals surface area contributed by atoms with Gasteiger partial charge in [0.15, 0.2) is 6.79 Å². The third-order valence-electron chi connectivity index (χ3n) is 2.01. The van der Waals surface area contributed by atoms with E-state index < -0.39 is 0 Å². The number of amides is 2. The van der Waals surface area contributed by atoms with Crippen LogP contribution in [0, 0.1) is 12.3 Å². The Kier molecular flexibility index (Phi) is 5.55. The number of nitrogens with zero attached hydrogens (tertiary/aromatic N) is 1.